The molecule has 0 spiro atoms. The maximum Gasteiger partial charge on any atom is 0.337 e. The van der Waals surface area contributed by atoms with E-state index in [-0.39, 0.29) is 22.2 Å². The van der Waals surface area contributed by atoms with Crippen molar-refractivity contribution in [3.63, 3.8) is 0 Å². The van der Waals surface area contributed by atoms with Gasteiger partial charge < -0.3 is 14.1 Å². The highest BCUT2D eigenvalue weighted by molar-refractivity contribution is 6.50. The number of aromatic amines is 1. The molecule has 0 amide bonds. The molecule has 1 N–H and O–H groups in total. The molecule has 0 aliphatic heterocycles. The fourth-order valence-electron chi connectivity index (χ4n) is 2.89. The minimum atomic E-state index is -0.536. The Morgan fingerprint density at radius 3 is 2.67 bits per heavy atom. The van der Waals surface area contributed by atoms with Gasteiger partial charge >= 0.3 is 5.97 Å². The first-order chi connectivity index (χ1) is 14.4. The molecule has 0 aliphatic rings. The first kappa shape index (κ1) is 19.6. The summed E-state index contributed by atoms with van der Waals surface area (Å²) in [5, 5.41) is 0.449. The van der Waals surface area contributed by atoms with Crippen molar-refractivity contribution in [2.45, 2.75) is 0 Å². The first-order valence-electron chi connectivity index (χ1n) is 8.80. The predicted octanol–water partition coefficient (Wildman–Crippen LogP) is 4.85. The van der Waals surface area contributed by atoms with E-state index in [4.69, 9.17) is 20.8 Å². The van der Waals surface area contributed by atoms with E-state index < -0.39 is 11.5 Å². The molecule has 6 nitrogen and oxygen atoms in total. The van der Waals surface area contributed by atoms with Crippen LogP contribution in [0.5, 0.6) is 0 Å². The number of hydrogen-bond donors (Lipinski definition) is 1. The number of hydrogen-bond acceptors (Lipinski definition) is 5. The third kappa shape index (κ3) is 3.88. The monoisotopic (exact) mass is 424 g/mol. The molecular weight excluding hydrogens is 411 g/mol. The second-order valence-electron chi connectivity index (χ2n) is 6.34. The second-order valence-corrected chi connectivity index (χ2v) is 6.75. The van der Waals surface area contributed by atoms with Gasteiger partial charge in [0.15, 0.2) is 5.82 Å². The molecule has 0 saturated heterocycles. The molecule has 0 fully saturated rings. The Kier molecular flexibility index (Phi) is 5.20. The van der Waals surface area contributed by atoms with Crippen LogP contribution in [-0.2, 0) is 4.74 Å². The van der Waals surface area contributed by atoms with Crippen molar-refractivity contribution in [3.8, 4) is 11.3 Å². The zero-order valence-electron chi connectivity index (χ0n) is 15.6. The highest BCUT2D eigenvalue weighted by Crippen LogP contribution is 2.26. The summed E-state index contributed by atoms with van der Waals surface area (Å²) in [6, 6.07) is 13.7. The number of benzene rings is 2. The number of halogens is 2. The van der Waals surface area contributed by atoms with Crippen LogP contribution in [0.4, 0.5) is 4.39 Å². The highest BCUT2D eigenvalue weighted by atomic mass is 35.5. The van der Waals surface area contributed by atoms with Gasteiger partial charge in [0.2, 0.25) is 0 Å². The van der Waals surface area contributed by atoms with E-state index in [1.54, 1.807) is 24.3 Å². The Labute approximate surface area is 174 Å². The fourth-order valence-corrected chi connectivity index (χ4v) is 3.09. The lowest BCUT2D eigenvalue weighted by molar-refractivity contribution is 0.0601. The van der Waals surface area contributed by atoms with Gasteiger partial charge in [0, 0.05) is 11.6 Å². The zero-order valence-corrected chi connectivity index (χ0v) is 16.4. The zero-order chi connectivity index (χ0) is 21.3. The van der Waals surface area contributed by atoms with Crippen LogP contribution in [0.2, 0.25) is 0 Å². The average molecular weight is 425 g/mol. The lowest BCUT2D eigenvalue weighted by Crippen LogP contribution is -2.11. The number of rotatable bonds is 4. The third-order valence-corrected chi connectivity index (χ3v) is 4.67. The summed E-state index contributed by atoms with van der Waals surface area (Å²) < 4.78 is 23.5. The molecule has 2 heterocycles. The summed E-state index contributed by atoms with van der Waals surface area (Å²) in [7, 11) is 1.27. The van der Waals surface area contributed by atoms with Crippen LogP contribution in [0.3, 0.4) is 0 Å². The van der Waals surface area contributed by atoms with Crippen LogP contribution >= 0.6 is 11.6 Å². The molecule has 2 aromatic heterocycles. The Bertz CT molecular complexity index is 1340. The molecule has 0 aliphatic carbocycles. The van der Waals surface area contributed by atoms with Crippen molar-refractivity contribution in [3.05, 3.63) is 87.9 Å². The molecule has 0 unspecified atom stereocenters. The number of fused-ring (bicyclic) bond motifs is 1. The van der Waals surface area contributed by atoms with Gasteiger partial charge in [0.1, 0.15) is 17.3 Å². The van der Waals surface area contributed by atoms with Crippen LogP contribution in [0.25, 0.3) is 33.3 Å². The topological polar surface area (TPSA) is 85.2 Å². The minimum Gasteiger partial charge on any atom is -0.465 e. The van der Waals surface area contributed by atoms with Gasteiger partial charge in [-0.3, -0.25) is 4.79 Å². The fraction of sp³-hybridized carbons (Fsp3) is 0.0455. The number of carbonyl (C=O) groups excluding carboxylic acids is 1. The molecule has 4 aromatic rings. The number of nitrogens with one attached hydrogen (secondary N) is 1. The van der Waals surface area contributed by atoms with Crippen molar-refractivity contribution in [1.82, 2.24) is 9.97 Å². The summed E-state index contributed by atoms with van der Waals surface area (Å²) in [5.41, 5.74) is 0.878. The number of aromatic nitrogens is 2. The van der Waals surface area contributed by atoms with Gasteiger partial charge in [0.25, 0.3) is 5.56 Å². The molecule has 0 atom stereocenters. The van der Waals surface area contributed by atoms with E-state index in [2.05, 4.69) is 9.97 Å². The summed E-state index contributed by atoms with van der Waals surface area (Å²) in [5.74, 6) is 0.205. The third-order valence-electron chi connectivity index (χ3n) is 4.38. The van der Waals surface area contributed by atoms with Gasteiger partial charge in [-0.15, -0.1) is 0 Å². The Morgan fingerprint density at radius 1 is 1.17 bits per heavy atom. The van der Waals surface area contributed by atoms with Crippen LogP contribution < -0.4 is 5.56 Å². The van der Waals surface area contributed by atoms with E-state index >= 15 is 0 Å². The van der Waals surface area contributed by atoms with Crippen molar-refractivity contribution < 1.29 is 18.3 Å². The number of ether oxygens (including phenoxy) is 1. The molecule has 2 aromatic carbocycles. The quantitative estimate of drug-likeness (QED) is 0.473. The number of nitrogens with zero attached hydrogens (tertiary/aromatic N) is 1. The van der Waals surface area contributed by atoms with E-state index in [0.717, 1.165) is 0 Å². The second kappa shape index (κ2) is 7.96. The molecule has 0 bridgehead atoms. The largest absolute Gasteiger partial charge is 0.465 e. The van der Waals surface area contributed by atoms with E-state index in [0.29, 0.717) is 28.0 Å². The van der Waals surface area contributed by atoms with Gasteiger partial charge in [-0.25, -0.2) is 14.2 Å². The van der Waals surface area contributed by atoms with Crippen LogP contribution in [0.15, 0.2) is 63.8 Å². The van der Waals surface area contributed by atoms with Gasteiger partial charge in [-0.05, 0) is 54.6 Å². The van der Waals surface area contributed by atoms with Gasteiger partial charge in [-0.2, -0.15) is 0 Å². The molecule has 30 heavy (non-hydrogen) atoms. The molecular formula is C22H14ClFN2O4. The standard InChI is InChI=1S/C22H14ClFN2O4/c1-29-22(28)13-4-8-16-18(10-13)25-20(26-21(16)27)17(23)11-15-7-9-19(30-15)12-2-5-14(24)6-3-12/h2-11H,1H3,(H,25,26,27)/b17-11-. The maximum atomic E-state index is 13.1. The minimum absolute atomic E-state index is 0.121. The van der Waals surface area contributed by atoms with Crippen LogP contribution in [0, 0.1) is 5.82 Å². The van der Waals surface area contributed by atoms with Crippen molar-refractivity contribution in [2.75, 3.05) is 7.11 Å². The van der Waals surface area contributed by atoms with Gasteiger partial charge in [0.05, 0.1) is 28.6 Å². The average Bonchev–Trinajstić information content (AvgIpc) is 3.21. The number of esters is 1. The first-order valence-corrected chi connectivity index (χ1v) is 9.18. The molecule has 0 radical (unpaired) electrons. The van der Waals surface area contributed by atoms with E-state index in [9.17, 15) is 14.0 Å². The molecule has 8 heteroatoms. The van der Waals surface area contributed by atoms with Crippen molar-refractivity contribution in [2.24, 2.45) is 0 Å². The normalized spacial score (nSPS) is 11.6. The van der Waals surface area contributed by atoms with Crippen molar-refractivity contribution >= 4 is 39.6 Å². The van der Waals surface area contributed by atoms with Crippen LogP contribution in [-0.4, -0.2) is 23.0 Å². The van der Waals surface area contributed by atoms with Gasteiger partial charge in [-0.1, -0.05) is 11.6 Å². The Morgan fingerprint density at radius 2 is 1.93 bits per heavy atom. The number of H-pyrrole nitrogens is 1. The summed E-state index contributed by atoms with van der Waals surface area (Å²) in [6.45, 7) is 0. The van der Waals surface area contributed by atoms with Crippen molar-refractivity contribution in [1.29, 1.82) is 0 Å². The highest BCUT2D eigenvalue weighted by Gasteiger charge is 2.12. The molecule has 0 saturated carbocycles. The lowest BCUT2D eigenvalue weighted by atomic mass is 10.1. The number of furan rings is 1. The van der Waals surface area contributed by atoms with E-state index in [1.807, 2.05) is 0 Å². The summed E-state index contributed by atoms with van der Waals surface area (Å²) >= 11 is 6.35. The lowest BCUT2D eigenvalue weighted by Gasteiger charge is -2.04. The SMILES string of the molecule is COC(=O)c1ccc2c(=O)[nH]c(/C(Cl)=C/c3ccc(-c4ccc(F)cc4)o3)nc2c1. The molecule has 4 rings (SSSR count). The number of carbonyl (C=O) groups is 1. The predicted molar refractivity (Wildman–Crippen MR) is 112 cm³/mol. The summed E-state index contributed by atoms with van der Waals surface area (Å²) in [4.78, 5) is 31.1. The van der Waals surface area contributed by atoms with Crippen LogP contribution in [0.1, 0.15) is 21.9 Å². The Balaban J connectivity index is 1.69. The summed E-state index contributed by atoms with van der Waals surface area (Å²) in [6.07, 6.45) is 1.50. The Hall–Kier alpha value is -3.71. The number of methoxy groups -OCH3 is 1. The smallest absolute Gasteiger partial charge is 0.337 e. The maximum absolute atomic E-state index is 13.1. The molecule has 150 valence electrons. The van der Waals surface area contributed by atoms with E-state index in [1.165, 1.54) is 43.5 Å².